The minimum Gasteiger partial charge on any atom is -0.505 e. The van der Waals surface area contributed by atoms with Crippen molar-refractivity contribution in [1.29, 1.82) is 0 Å². The van der Waals surface area contributed by atoms with E-state index >= 15 is 0 Å². The van der Waals surface area contributed by atoms with Crippen LogP contribution in [0.15, 0.2) is 74.6 Å². The van der Waals surface area contributed by atoms with Crippen molar-refractivity contribution in [2.24, 2.45) is 10.2 Å². The summed E-state index contributed by atoms with van der Waals surface area (Å²) in [5.41, 5.74) is 0.379. The Morgan fingerprint density at radius 1 is 0.704 bits per heavy atom. The Kier molecular flexibility index (Phi) is 4.70. The summed E-state index contributed by atoms with van der Waals surface area (Å²) in [7, 11) is -8.67. The fourth-order valence-corrected chi connectivity index (χ4v) is 3.31. The Balaban J connectivity index is 1.95. The zero-order chi connectivity index (χ0) is 19.8. The van der Waals surface area contributed by atoms with E-state index in [0.29, 0.717) is 10.8 Å². The van der Waals surface area contributed by atoms with Crippen LogP contribution in [-0.4, -0.2) is 31.0 Å². The molecule has 9 nitrogen and oxygen atoms in total. The lowest BCUT2D eigenvalue weighted by Crippen LogP contribution is -1.97. The molecule has 0 fully saturated rings. The highest BCUT2D eigenvalue weighted by Crippen LogP contribution is 2.36. The van der Waals surface area contributed by atoms with E-state index in [-0.39, 0.29) is 26.9 Å². The normalized spacial score (nSPS) is 12.7. The van der Waals surface area contributed by atoms with E-state index < -0.39 is 20.2 Å². The largest absolute Gasteiger partial charge is 0.505 e. The smallest absolute Gasteiger partial charge is 0.294 e. The predicted molar refractivity (Wildman–Crippen MR) is 95.9 cm³/mol. The topological polar surface area (TPSA) is 154 Å². The summed E-state index contributed by atoms with van der Waals surface area (Å²) in [6.07, 6.45) is 0. The van der Waals surface area contributed by atoms with Gasteiger partial charge in [0.2, 0.25) is 0 Å². The van der Waals surface area contributed by atoms with Crippen molar-refractivity contribution in [2.75, 3.05) is 0 Å². The predicted octanol–water partition coefficient (Wildman–Crippen LogP) is 3.45. The van der Waals surface area contributed by atoms with Crippen molar-refractivity contribution in [1.82, 2.24) is 0 Å². The molecule has 0 heterocycles. The molecule has 0 saturated carbocycles. The molecule has 140 valence electrons. The first kappa shape index (κ1) is 18.9. The molecule has 0 bridgehead atoms. The summed E-state index contributed by atoms with van der Waals surface area (Å²) in [6, 6.07) is 11.5. The Morgan fingerprint density at radius 3 is 1.89 bits per heavy atom. The number of phenolic OH excluding ortho intramolecular Hbond substituents is 1. The molecule has 11 heteroatoms. The van der Waals surface area contributed by atoms with Crippen LogP contribution in [0.25, 0.3) is 10.8 Å². The van der Waals surface area contributed by atoms with E-state index in [4.69, 9.17) is 9.11 Å². The number of nitrogens with zero attached hydrogens (tertiary/aromatic N) is 2. The molecule has 0 atom stereocenters. The Labute approximate surface area is 154 Å². The van der Waals surface area contributed by atoms with E-state index in [1.807, 2.05) is 0 Å². The van der Waals surface area contributed by atoms with Crippen LogP contribution in [0, 0.1) is 0 Å². The summed E-state index contributed by atoms with van der Waals surface area (Å²) in [6.45, 7) is 0. The van der Waals surface area contributed by atoms with Gasteiger partial charge in [-0.05, 0) is 53.9 Å². The molecule has 0 aliphatic rings. The van der Waals surface area contributed by atoms with Gasteiger partial charge < -0.3 is 5.11 Å². The lowest BCUT2D eigenvalue weighted by atomic mass is 10.1. The zero-order valence-electron chi connectivity index (χ0n) is 13.4. The van der Waals surface area contributed by atoms with Crippen LogP contribution in [-0.2, 0) is 20.2 Å². The molecule has 27 heavy (non-hydrogen) atoms. The van der Waals surface area contributed by atoms with Crippen molar-refractivity contribution in [3.8, 4) is 5.75 Å². The van der Waals surface area contributed by atoms with E-state index in [9.17, 15) is 21.9 Å². The van der Waals surface area contributed by atoms with Gasteiger partial charge >= 0.3 is 0 Å². The second-order valence-electron chi connectivity index (χ2n) is 5.46. The number of azo groups is 1. The summed E-state index contributed by atoms with van der Waals surface area (Å²) < 4.78 is 62.3. The monoisotopic (exact) mass is 408 g/mol. The number of rotatable bonds is 4. The average molecular weight is 408 g/mol. The third-order valence-electron chi connectivity index (χ3n) is 3.65. The van der Waals surface area contributed by atoms with Crippen molar-refractivity contribution >= 4 is 42.4 Å². The number of aromatic hydroxyl groups is 1. The van der Waals surface area contributed by atoms with Crippen LogP contribution in [0.1, 0.15) is 0 Å². The molecule has 3 N–H and O–H groups in total. The van der Waals surface area contributed by atoms with Crippen LogP contribution in [0.2, 0.25) is 0 Å². The lowest BCUT2D eigenvalue weighted by molar-refractivity contribution is 0.480. The molecule has 0 aliphatic heterocycles. The van der Waals surface area contributed by atoms with Gasteiger partial charge in [-0.15, -0.1) is 5.11 Å². The maximum atomic E-state index is 11.2. The molecule has 3 rings (SSSR count). The third kappa shape index (κ3) is 4.11. The van der Waals surface area contributed by atoms with Crippen molar-refractivity contribution in [3.63, 3.8) is 0 Å². The maximum Gasteiger partial charge on any atom is 0.294 e. The van der Waals surface area contributed by atoms with E-state index in [1.165, 1.54) is 36.4 Å². The molecule has 0 unspecified atom stereocenters. The molecule has 0 amide bonds. The number of benzene rings is 3. The number of phenols is 1. The molecule has 3 aromatic carbocycles. The molecule has 0 aliphatic carbocycles. The summed E-state index contributed by atoms with van der Waals surface area (Å²) in [5, 5.41) is 18.7. The van der Waals surface area contributed by atoms with Crippen LogP contribution in [0.3, 0.4) is 0 Å². The molecule has 3 aromatic rings. The van der Waals surface area contributed by atoms with Gasteiger partial charge in [0.25, 0.3) is 20.2 Å². The minimum atomic E-state index is -4.36. The number of fused-ring (bicyclic) bond motifs is 1. The SMILES string of the molecule is O=S(=O)(O)c1ccc(N=Nc2ccc3cc(S(=O)(=O)O)ccc3c2O)cc1. The Bertz CT molecular complexity index is 1270. The third-order valence-corrected chi connectivity index (χ3v) is 5.36. The maximum absolute atomic E-state index is 11.2. The van der Waals surface area contributed by atoms with E-state index in [2.05, 4.69) is 10.2 Å². The number of hydrogen-bond acceptors (Lipinski definition) is 7. The van der Waals surface area contributed by atoms with E-state index in [0.717, 1.165) is 18.2 Å². The highest BCUT2D eigenvalue weighted by atomic mass is 32.2. The fraction of sp³-hybridized carbons (Fsp3) is 0. The van der Waals surface area contributed by atoms with Gasteiger partial charge in [0, 0.05) is 5.39 Å². The molecule has 0 spiro atoms. The molecule has 0 saturated heterocycles. The molecular weight excluding hydrogens is 396 g/mol. The van der Waals surface area contributed by atoms with Crippen molar-refractivity contribution in [3.05, 3.63) is 54.6 Å². The molecular formula is C16H12N2O7S2. The fourth-order valence-electron chi connectivity index (χ4n) is 2.32. The zero-order valence-corrected chi connectivity index (χ0v) is 15.0. The van der Waals surface area contributed by atoms with Crippen LogP contribution in [0.5, 0.6) is 5.75 Å². The van der Waals surface area contributed by atoms with Gasteiger partial charge in [0.05, 0.1) is 15.5 Å². The highest BCUT2D eigenvalue weighted by Gasteiger charge is 2.13. The van der Waals surface area contributed by atoms with Gasteiger partial charge in [0.15, 0.2) is 5.75 Å². The standard InChI is InChI=1S/C16H12N2O7S2/c19-16-14-7-6-13(27(23,24)25)9-10(14)1-8-15(16)18-17-11-2-4-12(5-3-11)26(20,21)22/h1-9,19H,(H,20,21,22)(H,23,24,25). The van der Waals surface area contributed by atoms with Crippen LogP contribution >= 0.6 is 0 Å². The Morgan fingerprint density at radius 2 is 1.30 bits per heavy atom. The molecule has 0 radical (unpaired) electrons. The lowest BCUT2D eigenvalue weighted by Gasteiger charge is -2.05. The second-order valence-corrected chi connectivity index (χ2v) is 8.30. The van der Waals surface area contributed by atoms with Gasteiger partial charge in [-0.25, -0.2) is 0 Å². The number of hydrogen-bond donors (Lipinski definition) is 3. The summed E-state index contributed by atoms with van der Waals surface area (Å²) in [4.78, 5) is -0.590. The molecule has 0 aromatic heterocycles. The minimum absolute atomic E-state index is 0.0981. The van der Waals surface area contributed by atoms with Crippen LogP contribution in [0.4, 0.5) is 11.4 Å². The Hall–Kier alpha value is -2.86. The van der Waals surface area contributed by atoms with E-state index in [1.54, 1.807) is 0 Å². The first-order valence-corrected chi connectivity index (χ1v) is 10.2. The summed E-state index contributed by atoms with van der Waals surface area (Å²) in [5.74, 6) is -0.243. The van der Waals surface area contributed by atoms with Crippen molar-refractivity contribution < 1.29 is 31.0 Å². The highest BCUT2D eigenvalue weighted by molar-refractivity contribution is 7.86. The first-order valence-electron chi connectivity index (χ1n) is 7.28. The van der Waals surface area contributed by atoms with Crippen LogP contribution < -0.4 is 0 Å². The van der Waals surface area contributed by atoms with Gasteiger partial charge in [-0.2, -0.15) is 21.9 Å². The van der Waals surface area contributed by atoms with Crippen molar-refractivity contribution in [2.45, 2.75) is 9.79 Å². The second kappa shape index (κ2) is 6.70. The average Bonchev–Trinajstić information content (AvgIpc) is 2.60. The van der Waals surface area contributed by atoms with Gasteiger partial charge in [0.1, 0.15) is 5.69 Å². The first-order chi connectivity index (χ1) is 12.6. The summed E-state index contributed by atoms with van der Waals surface area (Å²) >= 11 is 0. The van der Waals surface area contributed by atoms with Gasteiger partial charge in [-0.3, -0.25) is 9.11 Å². The van der Waals surface area contributed by atoms with Gasteiger partial charge in [-0.1, -0.05) is 6.07 Å². The quantitative estimate of drug-likeness (QED) is 0.441.